The molecule has 5 nitrogen and oxygen atoms in total. The van der Waals surface area contributed by atoms with Gasteiger partial charge in [0.2, 0.25) is 11.0 Å². The number of nitrogens with one attached hydrogen (secondary N) is 1. The summed E-state index contributed by atoms with van der Waals surface area (Å²) >= 11 is 1.26. The van der Waals surface area contributed by atoms with Gasteiger partial charge in [0, 0.05) is 0 Å². The molecule has 0 fully saturated rings. The monoisotopic (exact) mass is 248 g/mol. The van der Waals surface area contributed by atoms with E-state index in [0.29, 0.717) is 5.13 Å². The zero-order valence-electron chi connectivity index (χ0n) is 9.25. The summed E-state index contributed by atoms with van der Waals surface area (Å²) < 4.78 is 0. The van der Waals surface area contributed by atoms with Crippen LogP contribution >= 0.6 is 11.3 Å². The summed E-state index contributed by atoms with van der Waals surface area (Å²) in [6.45, 7) is 1.98. The molecule has 0 aliphatic rings. The van der Waals surface area contributed by atoms with Crippen LogP contribution in [0.25, 0.3) is 0 Å². The quantitative estimate of drug-likeness (QED) is 0.862. The summed E-state index contributed by atoms with van der Waals surface area (Å²) in [6, 6.07) is 6.85. The van der Waals surface area contributed by atoms with Gasteiger partial charge in [0.05, 0.1) is 0 Å². The van der Waals surface area contributed by atoms with Crippen LogP contribution in [0.2, 0.25) is 0 Å². The SMILES string of the molecule is Cc1ccc(C(N)C(=O)Nc2nncs2)cc1. The van der Waals surface area contributed by atoms with E-state index in [-0.39, 0.29) is 5.91 Å². The third-order valence-electron chi connectivity index (χ3n) is 2.31. The zero-order valence-corrected chi connectivity index (χ0v) is 10.1. The molecule has 1 aromatic heterocycles. The third-order valence-corrected chi connectivity index (χ3v) is 2.92. The van der Waals surface area contributed by atoms with E-state index in [9.17, 15) is 4.79 Å². The number of amides is 1. The Labute approximate surface area is 103 Å². The molecular formula is C11H12N4OS. The van der Waals surface area contributed by atoms with Crippen LogP contribution in [-0.4, -0.2) is 16.1 Å². The van der Waals surface area contributed by atoms with E-state index in [1.54, 1.807) is 5.51 Å². The molecule has 1 aromatic carbocycles. The molecule has 0 aliphatic carbocycles. The van der Waals surface area contributed by atoms with Crippen LogP contribution in [0.3, 0.4) is 0 Å². The first-order valence-corrected chi connectivity index (χ1v) is 5.94. The Morgan fingerprint density at radius 1 is 1.41 bits per heavy atom. The van der Waals surface area contributed by atoms with Crippen molar-refractivity contribution in [1.29, 1.82) is 0 Å². The minimum absolute atomic E-state index is 0.286. The molecule has 3 N–H and O–H groups in total. The number of nitrogens with zero attached hydrogens (tertiary/aromatic N) is 2. The van der Waals surface area contributed by atoms with Crippen LogP contribution in [0.4, 0.5) is 5.13 Å². The van der Waals surface area contributed by atoms with Gasteiger partial charge in [-0.2, -0.15) is 0 Å². The second kappa shape index (κ2) is 5.03. The first-order chi connectivity index (χ1) is 8.16. The summed E-state index contributed by atoms with van der Waals surface area (Å²) in [6.07, 6.45) is 0. The molecule has 0 saturated carbocycles. The highest BCUT2D eigenvalue weighted by Gasteiger charge is 2.16. The van der Waals surface area contributed by atoms with E-state index in [0.717, 1.165) is 11.1 Å². The van der Waals surface area contributed by atoms with Crippen molar-refractivity contribution < 1.29 is 4.79 Å². The maximum absolute atomic E-state index is 11.8. The molecule has 0 bridgehead atoms. The number of nitrogens with two attached hydrogens (primary N) is 1. The Hall–Kier alpha value is -1.79. The van der Waals surface area contributed by atoms with Crippen molar-refractivity contribution in [3.8, 4) is 0 Å². The van der Waals surface area contributed by atoms with E-state index < -0.39 is 6.04 Å². The van der Waals surface area contributed by atoms with Crippen molar-refractivity contribution in [2.45, 2.75) is 13.0 Å². The number of hydrogen-bond acceptors (Lipinski definition) is 5. The van der Waals surface area contributed by atoms with Crippen molar-refractivity contribution >= 4 is 22.4 Å². The molecule has 0 radical (unpaired) electrons. The maximum atomic E-state index is 11.8. The number of hydrogen-bond donors (Lipinski definition) is 2. The molecule has 1 amide bonds. The fourth-order valence-electron chi connectivity index (χ4n) is 1.34. The molecule has 1 heterocycles. The maximum Gasteiger partial charge on any atom is 0.247 e. The van der Waals surface area contributed by atoms with Gasteiger partial charge in [0.1, 0.15) is 11.6 Å². The molecule has 0 saturated heterocycles. The van der Waals surface area contributed by atoms with E-state index in [1.165, 1.54) is 11.3 Å². The lowest BCUT2D eigenvalue weighted by atomic mass is 10.1. The lowest BCUT2D eigenvalue weighted by Crippen LogP contribution is -2.27. The van der Waals surface area contributed by atoms with Gasteiger partial charge in [0.25, 0.3) is 0 Å². The van der Waals surface area contributed by atoms with Gasteiger partial charge in [-0.15, -0.1) is 10.2 Å². The number of anilines is 1. The Morgan fingerprint density at radius 3 is 2.71 bits per heavy atom. The van der Waals surface area contributed by atoms with Crippen LogP contribution in [0, 0.1) is 6.92 Å². The van der Waals surface area contributed by atoms with Gasteiger partial charge in [0.15, 0.2) is 0 Å². The summed E-state index contributed by atoms with van der Waals surface area (Å²) in [5.41, 5.74) is 9.30. The first-order valence-electron chi connectivity index (χ1n) is 5.06. The number of aryl methyl sites for hydroxylation is 1. The van der Waals surface area contributed by atoms with E-state index >= 15 is 0 Å². The first kappa shape index (κ1) is 11.7. The van der Waals surface area contributed by atoms with Crippen molar-refractivity contribution in [3.63, 3.8) is 0 Å². The molecule has 17 heavy (non-hydrogen) atoms. The highest BCUT2D eigenvalue weighted by atomic mass is 32.1. The average Bonchev–Trinajstić information content (AvgIpc) is 2.82. The number of rotatable bonds is 3. The van der Waals surface area contributed by atoms with Gasteiger partial charge < -0.3 is 5.73 Å². The Bertz CT molecular complexity index is 495. The fourth-order valence-corrected chi connectivity index (χ4v) is 1.78. The predicted octanol–water partition coefficient (Wildman–Crippen LogP) is 1.49. The third kappa shape index (κ3) is 2.86. The summed E-state index contributed by atoms with van der Waals surface area (Å²) in [5, 5.41) is 10.4. The normalized spacial score (nSPS) is 12.1. The largest absolute Gasteiger partial charge is 0.316 e. The van der Waals surface area contributed by atoms with Gasteiger partial charge in [-0.05, 0) is 12.5 Å². The van der Waals surface area contributed by atoms with Gasteiger partial charge in [-0.3, -0.25) is 10.1 Å². The summed E-state index contributed by atoms with van der Waals surface area (Å²) in [4.78, 5) is 11.8. The number of benzene rings is 1. The van der Waals surface area contributed by atoms with Crippen LogP contribution in [0.15, 0.2) is 29.8 Å². The van der Waals surface area contributed by atoms with Gasteiger partial charge in [-0.25, -0.2) is 0 Å². The minimum atomic E-state index is -0.695. The Balaban J connectivity index is 2.07. The van der Waals surface area contributed by atoms with Crippen LogP contribution in [0.1, 0.15) is 17.2 Å². The van der Waals surface area contributed by atoms with Gasteiger partial charge in [-0.1, -0.05) is 41.2 Å². The van der Waals surface area contributed by atoms with Crippen LogP contribution < -0.4 is 11.1 Å². The van der Waals surface area contributed by atoms with Gasteiger partial charge >= 0.3 is 0 Å². The zero-order chi connectivity index (χ0) is 12.3. The highest BCUT2D eigenvalue weighted by molar-refractivity contribution is 7.13. The molecule has 6 heteroatoms. The topological polar surface area (TPSA) is 80.9 Å². The lowest BCUT2D eigenvalue weighted by molar-refractivity contribution is -0.117. The van der Waals surface area contributed by atoms with Crippen molar-refractivity contribution in [2.75, 3.05) is 5.32 Å². The second-order valence-corrected chi connectivity index (χ2v) is 4.45. The van der Waals surface area contributed by atoms with Crippen molar-refractivity contribution in [2.24, 2.45) is 5.73 Å². The molecule has 2 aromatic rings. The minimum Gasteiger partial charge on any atom is -0.316 e. The Kier molecular flexibility index (Phi) is 3.46. The molecule has 1 unspecified atom stereocenters. The number of aromatic nitrogens is 2. The van der Waals surface area contributed by atoms with Crippen LogP contribution in [0.5, 0.6) is 0 Å². The smallest absolute Gasteiger partial charge is 0.247 e. The van der Waals surface area contributed by atoms with E-state index in [1.807, 2.05) is 31.2 Å². The van der Waals surface area contributed by atoms with Crippen molar-refractivity contribution in [3.05, 3.63) is 40.9 Å². The molecule has 0 spiro atoms. The second-order valence-electron chi connectivity index (χ2n) is 3.62. The summed E-state index contributed by atoms with van der Waals surface area (Å²) in [5.74, 6) is -0.286. The lowest BCUT2D eigenvalue weighted by Gasteiger charge is -2.10. The molecule has 0 aliphatic heterocycles. The van der Waals surface area contributed by atoms with Crippen LogP contribution in [-0.2, 0) is 4.79 Å². The Morgan fingerprint density at radius 2 is 2.12 bits per heavy atom. The number of carbonyl (C=O) groups is 1. The predicted molar refractivity (Wildman–Crippen MR) is 66.6 cm³/mol. The summed E-state index contributed by atoms with van der Waals surface area (Å²) in [7, 11) is 0. The standard InChI is InChI=1S/C11H12N4OS/c1-7-2-4-8(5-3-7)9(12)10(16)14-11-15-13-6-17-11/h2-6,9H,12H2,1H3,(H,14,15,16). The average molecular weight is 248 g/mol. The highest BCUT2D eigenvalue weighted by Crippen LogP contribution is 2.15. The van der Waals surface area contributed by atoms with E-state index in [2.05, 4.69) is 15.5 Å². The molecular weight excluding hydrogens is 236 g/mol. The fraction of sp³-hybridized carbons (Fsp3) is 0.182. The van der Waals surface area contributed by atoms with Crippen molar-refractivity contribution in [1.82, 2.24) is 10.2 Å². The molecule has 1 atom stereocenters. The number of carbonyl (C=O) groups excluding carboxylic acids is 1. The molecule has 2 rings (SSSR count). The van der Waals surface area contributed by atoms with E-state index in [4.69, 9.17) is 5.73 Å². The molecule has 88 valence electrons.